The van der Waals surface area contributed by atoms with Crippen LogP contribution in [0.5, 0.6) is 5.75 Å². The third-order valence-electron chi connectivity index (χ3n) is 7.04. The molecular formula is C27H36N4O4S2. The molecule has 1 aliphatic heterocycles. The van der Waals surface area contributed by atoms with Gasteiger partial charge < -0.3 is 9.64 Å². The van der Waals surface area contributed by atoms with Gasteiger partial charge in [0, 0.05) is 37.3 Å². The minimum absolute atomic E-state index is 0.0201. The largest absolute Gasteiger partial charge is 0.497 e. The molecule has 2 heterocycles. The van der Waals surface area contributed by atoms with Crippen molar-refractivity contribution in [3.8, 4) is 5.75 Å². The summed E-state index contributed by atoms with van der Waals surface area (Å²) in [6.07, 6.45) is 2.78. The summed E-state index contributed by atoms with van der Waals surface area (Å²) in [5.41, 5.74) is 1.21. The van der Waals surface area contributed by atoms with Gasteiger partial charge in [-0.3, -0.25) is 9.69 Å². The zero-order valence-corrected chi connectivity index (χ0v) is 23.6. The summed E-state index contributed by atoms with van der Waals surface area (Å²) < 4.78 is 34.4. The first kappa shape index (κ1) is 27.5. The molecule has 1 unspecified atom stereocenters. The lowest BCUT2D eigenvalue weighted by Crippen LogP contribution is -2.42. The van der Waals surface area contributed by atoms with Crippen LogP contribution in [0.4, 0.5) is 5.13 Å². The lowest BCUT2D eigenvalue weighted by Gasteiger charge is -2.32. The van der Waals surface area contributed by atoms with Crippen LogP contribution in [-0.2, 0) is 10.0 Å². The highest BCUT2D eigenvalue weighted by Crippen LogP contribution is 2.32. The number of sulfonamides is 1. The van der Waals surface area contributed by atoms with Gasteiger partial charge >= 0.3 is 0 Å². The highest BCUT2D eigenvalue weighted by molar-refractivity contribution is 7.89. The highest BCUT2D eigenvalue weighted by Gasteiger charge is 2.31. The quantitative estimate of drug-likeness (QED) is 0.363. The number of rotatable bonds is 10. The molecule has 1 atom stereocenters. The molecule has 0 saturated carbocycles. The van der Waals surface area contributed by atoms with E-state index in [9.17, 15) is 13.2 Å². The van der Waals surface area contributed by atoms with Gasteiger partial charge in [0.1, 0.15) is 5.75 Å². The van der Waals surface area contributed by atoms with Gasteiger partial charge in [-0.2, -0.15) is 4.31 Å². The number of hydrogen-bond donors (Lipinski definition) is 0. The van der Waals surface area contributed by atoms with Crippen LogP contribution in [0.2, 0.25) is 0 Å². The number of hydrogen-bond acceptors (Lipinski definition) is 7. The molecule has 8 nitrogen and oxygen atoms in total. The van der Waals surface area contributed by atoms with E-state index in [1.165, 1.54) is 11.3 Å². The van der Waals surface area contributed by atoms with Crippen LogP contribution < -0.4 is 9.64 Å². The Kier molecular flexibility index (Phi) is 8.84. The predicted molar refractivity (Wildman–Crippen MR) is 149 cm³/mol. The second-order valence-electron chi connectivity index (χ2n) is 9.30. The molecule has 1 aromatic heterocycles. The molecule has 3 aromatic rings. The predicted octanol–water partition coefficient (Wildman–Crippen LogP) is 4.86. The summed E-state index contributed by atoms with van der Waals surface area (Å²) in [6.45, 7) is 9.64. The van der Waals surface area contributed by atoms with E-state index < -0.39 is 10.0 Å². The van der Waals surface area contributed by atoms with Gasteiger partial charge in [-0.15, -0.1) is 0 Å². The minimum Gasteiger partial charge on any atom is -0.497 e. The number of methoxy groups -OCH3 is 1. The molecule has 1 saturated heterocycles. The Bertz CT molecular complexity index is 1320. The Morgan fingerprint density at radius 2 is 1.84 bits per heavy atom. The lowest BCUT2D eigenvalue weighted by atomic mass is 10.1. The second-order valence-corrected chi connectivity index (χ2v) is 12.2. The van der Waals surface area contributed by atoms with E-state index in [1.807, 2.05) is 25.1 Å². The first-order chi connectivity index (χ1) is 17.8. The fourth-order valence-electron chi connectivity index (χ4n) is 4.69. The van der Waals surface area contributed by atoms with Crippen molar-refractivity contribution in [2.24, 2.45) is 0 Å². The van der Waals surface area contributed by atoms with E-state index in [4.69, 9.17) is 9.72 Å². The van der Waals surface area contributed by atoms with Crippen LogP contribution in [0.1, 0.15) is 50.4 Å². The summed E-state index contributed by atoms with van der Waals surface area (Å²) in [4.78, 5) is 22.7. The number of aromatic nitrogens is 1. The molecule has 0 spiro atoms. The van der Waals surface area contributed by atoms with Gasteiger partial charge in [0.15, 0.2) is 5.13 Å². The van der Waals surface area contributed by atoms with Crippen molar-refractivity contribution in [3.05, 3.63) is 48.0 Å². The van der Waals surface area contributed by atoms with Crippen molar-refractivity contribution in [1.82, 2.24) is 14.2 Å². The zero-order valence-electron chi connectivity index (χ0n) is 22.0. The van der Waals surface area contributed by atoms with Crippen molar-refractivity contribution in [2.45, 2.75) is 51.0 Å². The smallest absolute Gasteiger partial charge is 0.260 e. The molecule has 1 amide bonds. The van der Waals surface area contributed by atoms with Gasteiger partial charge in [0.2, 0.25) is 10.0 Å². The Labute approximate surface area is 223 Å². The van der Waals surface area contributed by atoms with E-state index in [0.717, 1.165) is 42.6 Å². The average molecular weight is 545 g/mol. The molecule has 4 rings (SSSR count). The molecule has 1 aliphatic rings. The van der Waals surface area contributed by atoms with Crippen molar-refractivity contribution >= 4 is 42.6 Å². The van der Waals surface area contributed by atoms with Crippen LogP contribution in [0.25, 0.3) is 10.2 Å². The SMILES string of the molecule is CCN(CC)CCN(C(=O)c1ccc(S(=O)(=O)N2CCCCC2C)cc1)c1nc2cc(OC)ccc2s1. The van der Waals surface area contributed by atoms with Crippen LogP contribution >= 0.6 is 11.3 Å². The number of amides is 1. The second kappa shape index (κ2) is 11.9. The summed E-state index contributed by atoms with van der Waals surface area (Å²) >= 11 is 1.46. The van der Waals surface area contributed by atoms with E-state index in [-0.39, 0.29) is 16.8 Å². The van der Waals surface area contributed by atoms with Crippen molar-refractivity contribution in [3.63, 3.8) is 0 Å². The normalized spacial score (nSPS) is 16.8. The maximum absolute atomic E-state index is 13.7. The zero-order chi connectivity index (χ0) is 26.6. The topological polar surface area (TPSA) is 83.1 Å². The van der Waals surface area contributed by atoms with E-state index in [2.05, 4.69) is 18.7 Å². The lowest BCUT2D eigenvalue weighted by molar-refractivity contribution is 0.0983. The first-order valence-electron chi connectivity index (χ1n) is 12.9. The number of ether oxygens (including phenoxy) is 1. The van der Waals surface area contributed by atoms with Gasteiger partial charge in [-0.25, -0.2) is 13.4 Å². The number of anilines is 1. The van der Waals surface area contributed by atoms with E-state index in [1.54, 1.807) is 40.6 Å². The Hall–Kier alpha value is -2.53. The Morgan fingerprint density at radius 3 is 2.49 bits per heavy atom. The van der Waals surface area contributed by atoms with Crippen LogP contribution in [0.15, 0.2) is 47.4 Å². The molecule has 10 heteroatoms. The van der Waals surface area contributed by atoms with E-state index in [0.29, 0.717) is 36.1 Å². The number of likely N-dealkylation sites (N-methyl/N-ethyl adjacent to an activating group) is 1. The maximum Gasteiger partial charge on any atom is 0.260 e. The Balaban J connectivity index is 1.62. The van der Waals surface area contributed by atoms with Crippen molar-refractivity contribution in [2.75, 3.05) is 44.7 Å². The number of fused-ring (bicyclic) bond motifs is 1. The van der Waals surface area contributed by atoms with Gasteiger partial charge in [0.25, 0.3) is 5.91 Å². The number of thiazole rings is 1. The third-order valence-corrected chi connectivity index (χ3v) is 10.1. The molecule has 0 N–H and O–H groups in total. The van der Waals surface area contributed by atoms with E-state index >= 15 is 0 Å². The van der Waals surface area contributed by atoms with Crippen LogP contribution in [0.3, 0.4) is 0 Å². The molecule has 2 aromatic carbocycles. The highest BCUT2D eigenvalue weighted by atomic mass is 32.2. The molecule has 37 heavy (non-hydrogen) atoms. The standard InChI is InChI=1S/C27H36N4O4S2/c1-5-29(6-2)17-18-30(27-28-24-19-22(35-4)12-15-25(24)36-27)26(32)21-10-13-23(14-11-21)37(33,34)31-16-8-7-9-20(31)3/h10-15,19-20H,5-9,16-18H2,1-4H3. The number of carbonyl (C=O) groups excluding carboxylic acids is 1. The summed E-state index contributed by atoms with van der Waals surface area (Å²) in [5.74, 6) is 0.513. The number of piperidine rings is 1. The summed E-state index contributed by atoms with van der Waals surface area (Å²) in [7, 11) is -1.98. The molecular weight excluding hydrogens is 508 g/mol. The minimum atomic E-state index is -3.60. The number of carbonyl (C=O) groups is 1. The van der Waals surface area contributed by atoms with Gasteiger partial charge in [-0.1, -0.05) is 31.6 Å². The van der Waals surface area contributed by atoms with Gasteiger partial charge in [-0.05, 0) is 69.3 Å². The van der Waals surface area contributed by atoms with Crippen LogP contribution in [-0.4, -0.2) is 74.4 Å². The molecule has 0 bridgehead atoms. The van der Waals surface area contributed by atoms with Gasteiger partial charge in [0.05, 0.1) is 22.2 Å². The number of nitrogens with zero attached hydrogens (tertiary/aromatic N) is 4. The van der Waals surface area contributed by atoms with Crippen molar-refractivity contribution in [1.29, 1.82) is 0 Å². The molecule has 200 valence electrons. The fraction of sp³-hybridized carbons (Fsp3) is 0.481. The third kappa shape index (κ3) is 5.98. The summed E-state index contributed by atoms with van der Waals surface area (Å²) in [5, 5.41) is 0.610. The summed E-state index contributed by atoms with van der Waals surface area (Å²) in [6, 6.07) is 12.0. The monoisotopic (exact) mass is 544 g/mol. The average Bonchev–Trinajstić information content (AvgIpc) is 3.34. The Morgan fingerprint density at radius 1 is 1.11 bits per heavy atom. The number of benzene rings is 2. The fourth-order valence-corrected chi connectivity index (χ4v) is 7.36. The van der Waals surface area contributed by atoms with Crippen LogP contribution in [0, 0.1) is 0 Å². The maximum atomic E-state index is 13.7. The van der Waals surface area contributed by atoms with Crippen molar-refractivity contribution < 1.29 is 17.9 Å². The molecule has 0 radical (unpaired) electrons. The molecule has 0 aliphatic carbocycles. The first-order valence-corrected chi connectivity index (χ1v) is 15.1. The molecule has 1 fully saturated rings.